The number of nitrogens with one attached hydrogen (secondary N) is 2. The number of amides is 2. The predicted molar refractivity (Wildman–Crippen MR) is 106 cm³/mol. The third-order valence-electron chi connectivity index (χ3n) is 5.60. The first-order valence-electron chi connectivity index (χ1n) is 9.74. The minimum Gasteiger partial charge on any atom is -0.446 e. The van der Waals surface area contributed by atoms with Gasteiger partial charge in [-0.15, -0.1) is 0 Å². The van der Waals surface area contributed by atoms with Crippen LogP contribution in [0.3, 0.4) is 0 Å². The first kappa shape index (κ1) is 18.3. The summed E-state index contributed by atoms with van der Waals surface area (Å²) in [5, 5.41) is 5.52. The Morgan fingerprint density at radius 3 is 1.86 bits per heavy atom. The van der Waals surface area contributed by atoms with Crippen LogP contribution in [0.2, 0.25) is 0 Å². The molecule has 2 saturated carbocycles. The summed E-state index contributed by atoms with van der Waals surface area (Å²) in [5.74, 6) is 0.380. The number of rotatable bonds is 4. The van der Waals surface area contributed by atoms with Crippen molar-refractivity contribution in [1.82, 2.24) is 0 Å². The van der Waals surface area contributed by atoms with E-state index >= 15 is 0 Å². The van der Waals surface area contributed by atoms with Crippen molar-refractivity contribution in [2.45, 2.75) is 37.9 Å². The van der Waals surface area contributed by atoms with E-state index in [1.807, 2.05) is 60.7 Å². The maximum atomic E-state index is 12.3. The molecule has 0 aromatic heterocycles. The van der Waals surface area contributed by atoms with Crippen LogP contribution in [0.1, 0.15) is 25.7 Å². The maximum Gasteiger partial charge on any atom is 0.411 e. The molecule has 0 heterocycles. The number of benzene rings is 2. The van der Waals surface area contributed by atoms with Crippen LogP contribution in [0.5, 0.6) is 0 Å². The number of carbonyl (C=O) groups excluding carboxylic acids is 2. The highest BCUT2D eigenvalue weighted by molar-refractivity contribution is 5.85. The van der Waals surface area contributed by atoms with E-state index in [9.17, 15) is 9.59 Å². The van der Waals surface area contributed by atoms with E-state index in [4.69, 9.17) is 9.47 Å². The highest BCUT2D eigenvalue weighted by Gasteiger charge is 2.48. The minimum absolute atomic E-state index is 0.0433. The molecule has 6 heteroatoms. The van der Waals surface area contributed by atoms with Gasteiger partial charge in [-0.05, 0) is 55.9 Å². The van der Waals surface area contributed by atoms with Crippen LogP contribution < -0.4 is 10.6 Å². The van der Waals surface area contributed by atoms with Crippen molar-refractivity contribution >= 4 is 23.6 Å². The zero-order valence-corrected chi connectivity index (χ0v) is 15.5. The second kappa shape index (κ2) is 8.33. The normalized spacial score (nSPS) is 25.6. The molecule has 0 aliphatic heterocycles. The number of carbonyl (C=O) groups is 2. The van der Waals surface area contributed by atoms with Gasteiger partial charge in [0.15, 0.2) is 0 Å². The molecule has 2 aliphatic rings. The molecule has 146 valence electrons. The molecule has 2 aromatic carbocycles. The third-order valence-corrected chi connectivity index (χ3v) is 5.60. The van der Waals surface area contributed by atoms with E-state index in [2.05, 4.69) is 10.6 Å². The second-order valence-corrected chi connectivity index (χ2v) is 7.37. The number of anilines is 2. The highest BCUT2D eigenvalue weighted by atomic mass is 16.6. The molecule has 0 radical (unpaired) electrons. The molecule has 2 aliphatic carbocycles. The first-order valence-corrected chi connectivity index (χ1v) is 9.74. The van der Waals surface area contributed by atoms with Crippen molar-refractivity contribution < 1.29 is 19.1 Å². The van der Waals surface area contributed by atoms with Crippen molar-refractivity contribution in [3.05, 3.63) is 60.7 Å². The van der Waals surface area contributed by atoms with Crippen LogP contribution in [-0.2, 0) is 9.47 Å². The molecule has 2 amide bonds. The van der Waals surface area contributed by atoms with Gasteiger partial charge in [-0.2, -0.15) is 0 Å². The maximum absolute atomic E-state index is 12.3. The Labute approximate surface area is 164 Å². The molecule has 0 unspecified atom stereocenters. The second-order valence-electron chi connectivity index (χ2n) is 7.37. The standard InChI is InChI=1S/C22H24N2O4/c25-21(23-16-7-3-1-4-8-16)27-19-14-12-15-11-13-18(19)20(15)28-22(26)24-17-9-5-2-6-10-17/h1-10,15,18-20H,11-14H2,(H,23,25)(H,24,26)/t15-,18+,19-,20-/m0/s1. The van der Waals surface area contributed by atoms with Gasteiger partial charge in [0.25, 0.3) is 0 Å². The summed E-state index contributed by atoms with van der Waals surface area (Å²) in [6.45, 7) is 0. The number of para-hydroxylation sites is 2. The zero-order chi connectivity index (χ0) is 19.3. The van der Waals surface area contributed by atoms with Gasteiger partial charge in [-0.3, -0.25) is 10.6 Å². The zero-order valence-electron chi connectivity index (χ0n) is 15.5. The van der Waals surface area contributed by atoms with Crippen molar-refractivity contribution in [3.8, 4) is 0 Å². The summed E-state index contributed by atoms with van der Waals surface area (Å²) in [6.07, 6.45) is 2.21. The molecule has 0 saturated heterocycles. The largest absolute Gasteiger partial charge is 0.446 e. The molecule has 2 bridgehead atoms. The molecular weight excluding hydrogens is 356 g/mol. The Morgan fingerprint density at radius 2 is 1.25 bits per heavy atom. The Morgan fingerprint density at radius 1 is 0.714 bits per heavy atom. The smallest absolute Gasteiger partial charge is 0.411 e. The number of hydrogen-bond donors (Lipinski definition) is 2. The lowest BCUT2D eigenvalue weighted by molar-refractivity contribution is -0.0322. The van der Waals surface area contributed by atoms with E-state index in [1.165, 1.54) is 0 Å². The van der Waals surface area contributed by atoms with Crippen LogP contribution in [0.25, 0.3) is 0 Å². The fraction of sp³-hybridized carbons (Fsp3) is 0.364. The Kier molecular flexibility index (Phi) is 5.46. The number of fused-ring (bicyclic) bond motifs is 2. The number of hydrogen-bond acceptors (Lipinski definition) is 4. The van der Waals surface area contributed by atoms with Crippen LogP contribution in [0.4, 0.5) is 21.0 Å². The lowest BCUT2D eigenvalue weighted by Gasteiger charge is -2.35. The topological polar surface area (TPSA) is 76.7 Å². The summed E-state index contributed by atoms with van der Waals surface area (Å²) in [4.78, 5) is 24.6. The summed E-state index contributed by atoms with van der Waals surface area (Å²) in [6, 6.07) is 18.5. The summed E-state index contributed by atoms with van der Waals surface area (Å²) in [7, 11) is 0. The molecule has 6 nitrogen and oxygen atoms in total. The van der Waals surface area contributed by atoms with Crippen molar-refractivity contribution in [2.75, 3.05) is 10.6 Å². The van der Waals surface area contributed by atoms with E-state index in [0.717, 1.165) is 25.7 Å². The fourth-order valence-corrected chi connectivity index (χ4v) is 4.31. The van der Waals surface area contributed by atoms with Gasteiger partial charge in [0.05, 0.1) is 0 Å². The SMILES string of the molecule is O=C(Nc1ccccc1)O[C@H]1[C@H]2CC[C@@H]1[C@@H](OC(=O)Nc1ccccc1)CC2. The molecule has 4 rings (SSSR count). The average Bonchev–Trinajstić information content (AvgIpc) is 2.96. The van der Waals surface area contributed by atoms with Crippen molar-refractivity contribution in [3.63, 3.8) is 0 Å². The van der Waals surface area contributed by atoms with Gasteiger partial charge in [-0.25, -0.2) is 9.59 Å². The van der Waals surface area contributed by atoms with Gasteiger partial charge >= 0.3 is 12.2 Å². The molecule has 0 spiro atoms. The minimum atomic E-state index is -0.464. The summed E-state index contributed by atoms with van der Waals surface area (Å²) in [5.41, 5.74) is 1.40. The predicted octanol–water partition coefficient (Wildman–Crippen LogP) is 5.04. The van der Waals surface area contributed by atoms with Gasteiger partial charge in [0.2, 0.25) is 0 Å². The molecular formula is C22H24N2O4. The molecule has 4 atom stereocenters. The Hall–Kier alpha value is -3.02. The number of ether oxygens (including phenoxy) is 2. The monoisotopic (exact) mass is 380 g/mol. The van der Waals surface area contributed by atoms with Crippen LogP contribution in [0.15, 0.2) is 60.7 Å². The molecule has 28 heavy (non-hydrogen) atoms. The molecule has 2 N–H and O–H groups in total. The fourth-order valence-electron chi connectivity index (χ4n) is 4.31. The lowest BCUT2D eigenvalue weighted by atomic mass is 9.84. The van der Waals surface area contributed by atoms with Crippen LogP contribution in [0, 0.1) is 11.8 Å². The lowest BCUT2D eigenvalue weighted by Crippen LogP contribution is -2.42. The Bertz CT molecular complexity index is 812. The van der Waals surface area contributed by atoms with Crippen LogP contribution in [-0.4, -0.2) is 24.4 Å². The average molecular weight is 380 g/mol. The third kappa shape index (κ3) is 4.27. The van der Waals surface area contributed by atoms with Gasteiger partial charge in [0, 0.05) is 17.3 Å². The van der Waals surface area contributed by atoms with E-state index < -0.39 is 12.2 Å². The molecule has 2 aromatic rings. The molecule has 2 fully saturated rings. The van der Waals surface area contributed by atoms with Gasteiger partial charge in [-0.1, -0.05) is 36.4 Å². The van der Waals surface area contributed by atoms with Gasteiger partial charge in [0.1, 0.15) is 12.2 Å². The van der Waals surface area contributed by atoms with Crippen molar-refractivity contribution in [1.29, 1.82) is 0 Å². The summed E-state index contributed by atoms with van der Waals surface area (Å²) >= 11 is 0. The quantitative estimate of drug-likeness (QED) is 0.779. The Balaban J connectivity index is 1.34. The van der Waals surface area contributed by atoms with E-state index in [0.29, 0.717) is 17.3 Å². The highest BCUT2D eigenvalue weighted by Crippen LogP contribution is 2.45. The van der Waals surface area contributed by atoms with E-state index in [1.54, 1.807) is 0 Å². The van der Waals surface area contributed by atoms with Gasteiger partial charge < -0.3 is 9.47 Å². The summed E-state index contributed by atoms with van der Waals surface area (Å²) < 4.78 is 11.4. The van der Waals surface area contributed by atoms with Crippen LogP contribution >= 0.6 is 0 Å². The van der Waals surface area contributed by atoms with Crippen molar-refractivity contribution in [2.24, 2.45) is 11.8 Å². The first-order chi connectivity index (χ1) is 13.7. The van der Waals surface area contributed by atoms with E-state index in [-0.39, 0.29) is 18.1 Å².